The van der Waals surface area contributed by atoms with Gasteiger partial charge < -0.3 is 5.43 Å². The molecule has 1 aliphatic rings. The highest BCUT2D eigenvalue weighted by molar-refractivity contribution is 7.13. The number of nitrogens with zero attached hydrogens (tertiary/aromatic N) is 2. The lowest BCUT2D eigenvalue weighted by molar-refractivity contribution is 0.834. The normalized spacial score (nSPS) is 15.8. The van der Waals surface area contributed by atoms with Gasteiger partial charge in [-0.2, -0.15) is 0 Å². The van der Waals surface area contributed by atoms with Crippen LogP contribution in [0.25, 0.3) is 0 Å². The van der Waals surface area contributed by atoms with Gasteiger partial charge in [0, 0.05) is 17.8 Å². The topological polar surface area (TPSA) is 28.2 Å². The fourth-order valence-electron chi connectivity index (χ4n) is 0.836. The third kappa shape index (κ3) is 0.863. The molecule has 0 aromatic carbocycles. The molecule has 0 spiro atoms. The minimum absolute atomic E-state index is 0.910. The van der Waals surface area contributed by atoms with Crippen molar-refractivity contribution in [3.05, 3.63) is 23.9 Å². The number of hydrogen-bond acceptors (Lipinski definition) is 4. The van der Waals surface area contributed by atoms with Gasteiger partial charge in [0.15, 0.2) is 0 Å². The second-order valence-corrected chi connectivity index (χ2v) is 2.83. The summed E-state index contributed by atoms with van der Waals surface area (Å²) in [7, 11) is 0. The van der Waals surface area contributed by atoms with Gasteiger partial charge in [-0.25, -0.2) is 4.98 Å². The number of hydrogen-bond donors (Lipinski definition) is 1. The van der Waals surface area contributed by atoms with E-state index < -0.39 is 0 Å². The van der Waals surface area contributed by atoms with Gasteiger partial charge >= 0.3 is 0 Å². The van der Waals surface area contributed by atoms with Gasteiger partial charge in [0.1, 0.15) is 0 Å². The average molecular weight is 153 g/mol. The van der Waals surface area contributed by atoms with Gasteiger partial charge in [0.2, 0.25) is 5.13 Å². The van der Waals surface area contributed by atoms with Crippen LogP contribution in [0.15, 0.2) is 23.9 Å². The Kier molecular flexibility index (Phi) is 1.32. The summed E-state index contributed by atoms with van der Waals surface area (Å²) < 4.78 is 0. The predicted octanol–water partition coefficient (Wildman–Crippen LogP) is 0.981. The second kappa shape index (κ2) is 2.30. The highest BCUT2D eigenvalue weighted by Crippen LogP contribution is 2.16. The molecule has 1 N–H and O–H groups in total. The molecule has 0 bridgehead atoms. The molecule has 1 aliphatic heterocycles. The van der Waals surface area contributed by atoms with E-state index in [1.165, 1.54) is 0 Å². The third-order valence-corrected chi connectivity index (χ3v) is 2.08. The van der Waals surface area contributed by atoms with Crippen molar-refractivity contribution < 1.29 is 0 Å². The summed E-state index contributed by atoms with van der Waals surface area (Å²) in [6, 6.07) is 0. The lowest BCUT2D eigenvalue weighted by Gasteiger charge is -2.13. The number of thiazole rings is 1. The molecule has 2 heterocycles. The van der Waals surface area contributed by atoms with Crippen LogP contribution in [0.4, 0.5) is 5.13 Å². The molecule has 0 fully saturated rings. The quantitative estimate of drug-likeness (QED) is 0.652. The smallest absolute Gasteiger partial charge is 0.204 e. The first-order chi connectivity index (χ1) is 4.97. The van der Waals surface area contributed by atoms with Crippen molar-refractivity contribution in [3.8, 4) is 0 Å². The maximum Gasteiger partial charge on any atom is 0.204 e. The highest BCUT2D eigenvalue weighted by atomic mass is 32.1. The molecule has 0 atom stereocenters. The highest BCUT2D eigenvalue weighted by Gasteiger charge is 2.07. The van der Waals surface area contributed by atoms with Crippen LogP contribution in [0.5, 0.6) is 0 Å². The largest absolute Gasteiger partial charge is 0.304 e. The van der Waals surface area contributed by atoms with Crippen LogP contribution < -0.4 is 10.4 Å². The first kappa shape index (κ1) is 5.73. The van der Waals surface area contributed by atoms with Crippen molar-refractivity contribution in [1.29, 1.82) is 0 Å². The summed E-state index contributed by atoms with van der Waals surface area (Å²) in [5, 5.41) is 4.98. The van der Waals surface area contributed by atoms with Crippen LogP contribution in [-0.4, -0.2) is 11.5 Å². The molecule has 52 valence electrons. The van der Waals surface area contributed by atoms with E-state index in [1.54, 1.807) is 17.5 Å². The van der Waals surface area contributed by atoms with Crippen molar-refractivity contribution >= 4 is 16.5 Å². The molecule has 0 unspecified atom stereocenters. The van der Waals surface area contributed by atoms with Crippen molar-refractivity contribution in [2.24, 2.45) is 0 Å². The summed E-state index contributed by atoms with van der Waals surface area (Å²) in [6.45, 7) is 0.910. The minimum Gasteiger partial charge on any atom is -0.304 e. The van der Waals surface area contributed by atoms with Crippen LogP contribution >= 0.6 is 11.3 Å². The van der Waals surface area contributed by atoms with Gasteiger partial charge in [-0.15, -0.1) is 11.3 Å². The zero-order valence-electron chi connectivity index (χ0n) is 5.32. The Morgan fingerprint density at radius 3 is 3.30 bits per heavy atom. The maximum absolute atomic E-state index is 4.14. The molecule has 0 saturated heterocycles. The molecule has 10 heavy (non-hydrogen) atoms. The van der Waals surface area contributed by atoms with Crippen molar-refractivity contribution in [1.82, 2.24) is 10.4 Å². The van der Waals surface area contributed by atoms with E-state index in [0.29, 0.717) is 0 Å². The summed E-state index contributed by atoms with van der Waals surface area (Å²) >= 11 is 1.63. The summed E-state index contributed by atoms with van der Waals surface area (Å²) in [5.74, 6) is 0. The van der Waals surface area contributed by atoms with E-state index in [9.17, 15) is 0 Å². The number of nitrogens with one attached hydrogen (secondary N) is 1. The zero-order valence-corrected chi connectivity index (χ0v) is 6.14. The van der Waals surface area contributed by atoms with E-state index in [2.05, 4.69) is 16.5 Å². The van der Waals surface area contributed by atoms with Crippen LogP contribution in [0.1, 0.15) is 0 Å². The van der Waals surface area contributed by atoms with E-state index in [-0.39, 0.29) is 0 Å². The van der Waals surface area contributed by atoms with E-state index in [4.69, 9.17) is 0 Å². The Labute approximate surface area is 63.0 Å². The van der Waals surface area contributed by atoms with Crippen LogP contribution in [0.2, 0.25) is 0 Å². The van der Waals surface area contributed by atoms with Crippen LogP contribution in [0.3, 0.4) is 0 Å². The van der Waals surface area contributed by atoms with E-state index in [0.717, 1.165) is 11.7 Å². The second-order valence-electron chi connectivity index (χ2n) is 1.96. The number of hydrazine groups is 1. The van der Waals surface area contributed by atoms with Gasteiger partial charge in [0.25, 0.3) is 0 Å². The first-order valence-corrected chi connectivity index (χ1v) is 3.93. The number of anilines is 1. The SMILES string of the molecule is C1=CNN(c2nccs2)C1. The maximum atomic E-state index is 4.14. The Bertz CT molecular complexity index is 221. The summed E-state index contributed by atoms with van der Waals surface area (Å²) in [4.78, 5) is 4.14. The molecule has 0 saturated carbocycles. The lowest BCUT2D eigenvalue weighted by atomic mass is 10.6. The molecule has 3 nitrogen and oxygen atoms in total. The third-order valence-electron chi connectivity index (χ3n) is 1.29. The molecule has 0 radical (unpaired) electrons. The van der Waals surface area contributed by atoms with Gasteiger partial charge in [-0.1, -0.05) is 0 Å². The predicted molar refractivity (Wildman–Crippen MR) is 41.7 cm³/mol. The van der Waals surface area contributed by atoms with Gasteiger partial charge in [-0.3, -0.25) is 5.01 Å². The van der Waals surface area contributed by atoms with Crippen molar-refractivity contribution in [3.63, 3.8) is 0 Å². The Morgan fingerprint density at radius 2 is 2.70 bits per heavy atom. The van der Waals surface area contributed by atoms with E-state index in [1.807, 2.05) is 16.6 Å². The summed E-state index contributed by atoms with van der Waals surface area (Å²) in [5.41, 5.74) is 3.06. The molecule has 0 aliphatic carbocycles. The fourth-order valence-corrected chi connectivity index (χ4v) is 1.46. The van der Waals surface area contributed by atoms with Crippen LogP contribution in [-0.2, 0) is 0 Å². The van der Waals surface area contributed by atoms with Crippen LogP contribution in [0, 0.1) is 0 Å². The Hall–Kier alpha value is -1.03. The fraction of sp³-hybridized carbons (Fsp3) is 0.167. The molecule has 0 amide bonds. The molecule has 2 rings (SSSR count). The standard InChI is InChI=1S/C6H7N3S/c1-2-8-9(4-1)6-7-3-5-10-6/h1-3,5,8H,4H2. The summed E-state index contributed by atoms with van der Waals surface area (Å²) in [6.07, 6.45) is 5.78. The Balaban J connectivity index is 2.14. The first-order valence-electron chi connectivity index (χ1n) is 3.05. The molecular weight excluding hydrogens is 146 g/mol. The minimum atomic E-state index is 0.910. The zero-order chi connectivity index (χ0) is 6.81. The van der Waals surface area contributed by atoms with Crippen molar-refractivity contribution in [2.45, 2.75) is 0 Å². The van der Waals surface area contributed by atoms with Gasteiger partial charge in [0.05, 0.1) is 6.54 Å². The molecule has 4 heteroatoms. The van der Waals surface area contributed by atoms with E-state index >= 15 is 0 Å². The molecular formula is C6H7N3S. The number of rotatable bonds is 1. The Morgan fingerprint density at radius 1 is 1.70 bits per heavy atom. The monoisotopic (exact) mass is 153 g/mol. The lowest BCUT2D eigenvalue weighted by Crippen LogP contribution is -2.29. The van der Waals surface area contributed by atoms with Gasteiger partial charge in [-0.05, 0) is 6.08 Å². The number of aromatic nitrogens is 1. The molecule has 1 aromatic rings. The van der Waals surface area contributed by atoms with Crippen molar-refractivity contribution in [2.75, 3.05) is 11.6 Å². The average Bonchev–Trinajstić information content (AvgIpc) is 2.59. The molecule has 1 aromatic heterocycles.